The monoisotopic (exact) mass is 386 g/mol. The summed E-state index contributed by atoms with van der Waals surface area (Å²) in [6, 6.07) is 8.25. The standard InChI is InChI=1S/C22H30N2O4/c1-16-4-5-19(28-16)14-24-8-6-17(7-9-24)12-23(2)13-18-10-20(25-3)22-21(11-18)26-15-27-22/h4-5,10-11,17H,6-9,12-15H2,1-3H3. The summed E-state index contributed by atoms with van der Waals surface area (Å²) in [4.78, 5) is 4.89. The molecule has 0 radical (unpaired) electrons. The van der Waals surface area contributed by atoms with E-state index in [4.69, 9.17) is 18.6 Å². The van der Waals surface area contributed by atoms with Crippen molar-refractivity contribution in [2.75, 3.05) is 40.6 Å². The second-order valence-corrected chi connectivity index (χ2v) is 7.96. The summed E-state index contributed by atoms with van der Waals surface area (Å²) in [6.07, 6.45) is 2.46. The lowest BCUT2D eigenvalue weighted by atomic mass is 9.96. The second-order valence-electron chi connectivity index (χ2n) is 7.96. The molecule has 2 aromatic rings. The highest BCUT2D eigenvalue weighted by atomic mass is 16.7. The van der Waals surface area contributed by atoms with Crippen molar-refractivity contribution in [1.29, 1.82) is 0 Å². The van der Waals surface area contributed by atoms with Gasteiger partial charge in [0.05, 0.1) is 13.7 Å². The molecule has 0 saturated carbocycles. The third-order valence-corrected chi connectivity index (χ3v) is 5.62. The molecule has 0 unspecified atom stereocenters. The first-order chi connectivity index (χ1) is 13.6. The van der Waals surface area contributed by atoms with Gasteiger partial charge in [0.1, 0.15) is 11.5 Å². The van der Waals surface area contributed by atoms with Crippen molar-refractivity contribution in [2.45, 2.75) is 32.9 Å². The van der Waals surface area contributed by atoms with Gasteiger partial charge in [0.2, 0.25) is 12.5 Å². The van der Waals surface area contributed by atoms with Crippen LogP contribution in [-0.2, 0) is 13.1 Å². The van der Waals surface area contributed by atoms with Gasteiger partial charge in [-0.15, -0.1) is 0 Å². The minimum absolute atomic E-state index is 0.265. The van der Waals surface area contributed by atoms with Crippen LogP contribution in [0.2, 0.25) is 0 Å². The first-order valence-electron chi connectivity index (χ1n) is 10.0. The van der Waals surface area contributed by atoms with Crippen molar-refractivity contribution in [1.82, 2.24) is 9.80 Å². The average molecular weight is 386 g/mol. The number of ether oxygens (including phenoxy) is 3. The van der Waals surface area contributed by atoms with Crippen LogP contribution in [0.25, 0.3) is 0 Å². The third kappa shape index (κ3) is 4.45. The van der Waals surface area contributed by atoms with Gasteiger partial charge in [-0.1, -0.05) is 0 Å². The Morgan fingerprint density at radius 1 is 1.18 bits per heavy atom. The van der Waals surface area contributed by atoms with Crippen LogP contribution in [0.3, 0.4) is 0 Å². The zero-order valence-electron chi connectivity index (χ0n) is 17.1. The molecule has 0 N–H and O–H groups in total. The fourth-order valence-electron chi connectivity index (χ4n) is 4.21. The third-order valence-electron chi connectivity index (χ3n) is 5.62. The maximum Gasteiger partial charge on any atom is 0.231 e. The number of nitrogens with zero attached hydrogens (tertiary/aromatic N) is 2. The molecule has 6 heteroatoms. The molecule has 28 heavy (non-hydrogen) atoms. The molecule has 0 spiro atoms. The van der Waals surface area contributed by atoms with E-state index < -0.39 is 0 Å². The summed E-state index contributed by atoms with van der Waals surface area (Å²) in [5, 5.41) is 0. The van der Waals surface area contributed by atoms with E-state index >= 15 is 0 Å². The molecule has 2 aliphatic heterocycles. The molecular formula is C22H30N2O4. The van der Waals surface area contributed by atoms with Crippen LogP contribution >= 0.6 is 0 Å². The number of piperidine rings is 1. The number of hydrogen-bond acceptors (Lipinski definition) is 6. The van der Waals surface area contributed by atoms with Gasteiger partial charge in [0.15, 0.2) is 11.5 Å². The summed E-state index contributed by atoms with van der Waals surface area (Å²) in [7, 11) is 3.86. The van der Waals surface area contributed by atoms with Crippen molar-refractivity contribution in [3.63, 3.8) is 0 Å². The van der Waals surface area contributed by atoms with Crippen LogP contribution in [0.1, 0.15) is 29.9 Å². The minimum atomic E-state index is 0.265. The number of benzene rings is 1. The van der Waals surface area contributed by atoms with E-state index in [1.54, 1.807) is 7.11 Å². The largest absolute Gasteiger partial charge is 0.493 e. The highest BCUT2D eigenvalue weighted by Crippen LogP contribution is 2.42. The van der Waals surface area contributed by atoms with Crippen LogP contribution in [0.5, 0.6) is 17.2 Å². The number of methoxy groups -OCH3 is 1. The van der Waals surface area contributed by atoms with Crippen molar-refractivity contribution >= 4 is 0 Å². The Hall–Kier alpha value is -2.18. The van der Waals surface area contributed by atoms with E-state index in [1.165, 1.54) is 18.4 Å². The maximum atomic E-state index is 5.72. The maximum absolute atomic E-state index is 5.72. The molecule has 0 amide bonds. The summed E-state index contributed by atoms with van der Waals surface area (Å²) in [6.45, 7) is 7.44. The highest BCUT2D eigenvalue weighted by molar-refractivity contribution is 5.55. The molecular weight excluding hydrogens is 356 g/mol. The average Bonchev–Trinajstić information content (AvgIpc) is 3.31. The van der Waals surface area contributed by atoms with Gasteiger partial charge in [-0.25, -0.2) is 0 Å². The van der Waals surface area contributed by atoms with Crippen LogP contribution in [0, 0.1) is 12.8 Å². The number of hydrogen-bond donors (Lipinski definition) is 0. The summed E-state index contributed by atoms with van der Waals surface area (Å²) in [5.74, 6) is 5.05. The van der Waals surface area contributed by atoms with Crippen molar-refractivity contribution in [2.24, 2.45) is 5.92 Å². The van der Waals surface area contributed by atoms with Crippen molar-refractivity contribution in [3.05, 3.63) is 41.3 Å². The molecule has 0 aliphatic carbocycles. The predicted molar refractivity (Wildman–Crippen MR) is 107 cm³/mol. The predicted octanol–water partition coefficient (Wildman–Crippen LogP) is 3.67. The number of aryl methyl sites for hydroxylation is 1. The number of furan rings is 1. The van der Waals surface area contributed by atoms with Crippen molar-refractivity contribution in [3.8, 4) is 17.2 Å². The smallest absolute Gasteiger partial charge is 0.231 e. The van der Waals surface area contributed by atoms with E-state index in [0.717, 1.165) is 61.7 Å². The Bertz CT molecular complexity index is 796. The molecule has 6 nitrogen and oxygen atoms in total. The number of likely N-dealkylation sites (tertiary alicyclic amines) is 1. The molecule has 152 valence electrons. The van der Waals surface area contributed by atoms with E-state index in [9.17, 15) is 0 Å². The molecule has 3 heterocycles. The van der Waals surface area contributed by atoms with Crippen LogP contribution in [-0.4, -0.2) is 50.4 Å². The van der Waals surface area contributed by atoms with Gasteiger partial charge < -0.3 is 23.5 Å². The normalized spacial score (nSPS) is 17.4. The Morgan fingerprint density at radius 3 is 2.71 bits per heavy atom. The van der Waals surface area contributed by atoms with Crippen molar-refractivity contribution < 1.29 is 18.6 Å². The lowest BCUT2D eigenvalue weighted by Gasteiger charge is -2.33. The lowest BCUT2D eigenvalue weighted by molar-refractivity contribution is 0.140. The van der Waals surface area contributed by atoms with Gasteiger partial charge in [0.25, 0.3) is 0 Å². The van der Waals surface area contributed by atoms with Gasteiger partial charge in [0, 0.05) is 13.1 Å². The summed E-state index contributed by atoms with van der Waals surface area (Å²) in [5.41, 5.74) is 1.19. The fraction of sp³-hybridized carbons (Fsp3) is 0.545. The fourth-order valence-corrected chi connectivity index (χ4v) is 4.21. The molecule has 0 bridgehead atoms. The Balaban J connectivity index is 1.26. The minimum Gasteiger partial charge on any atom is -0.493 e. The summed E-state index contributed by atoms with van der Waals surface area (Å²) >= 11 is 0. The number of fused-ring (bicyclic) bond motifs is 1. The van der Waals surface area contributed by atoms with Crippen LogP contribution < -0.4 is 14.2 Å². The number of rotatable bonds is 7. The molecule has 1 aromatic carbocycles. The molecule has 4 rings (SSSR count). The van der Waals surface area contributed by atoms with Gasteiger partial charge in [-0.2, -0.15) is 0 Å². The quantitative estimate of drug-likeness (QED) is 0.724. The van der Waals surface area contributed by atoms with E-state index in [-0.39, 0.29) is 6.79 Å². The summed E-state index contributed by atoms with van der Waals surface area (Å²) < 4.78 is 22.2. The van der Waals surface area contributed by atoms with E-state index in [0.29, 0.717) is 5.75 Å². The second kappa shape index (κ2) is 8.45. The zero-order valence-corrected chi connectivity index (χ0v) is 17.1. The molecule has 1 saturated heterocycles. The molecule has 1 fully saturated rings. The molecule has 0 atom stereocenters. The van der Waals surface area contributed by atoms with Gasteiger partial charge in [-0.3, -0.25) is 4.90 Å². The Kier molecular flexibility index (Phi) is 5.78. The van der Waals surface area contributed by atoms with Crippen LogP contribution in [0.4, 0.5) is 0 Å². The first kappa shape index (κ1) is 19.2. The highest BCUT2D eigenvalue weighted by Gasteiger charge is 2.23. The SMILES string of the molecule is COc1cc(CN(C)CC2CCN(Cc3ccc(C)o3)CC2)cc2c1OCO2. The molecule has 2 aliphatic rings. The Labute approximate surface area is 167 Å². The Morgan fingerprint density at radius 2 is 2.00 bits per heavy atom. The molecule has 1 aromatic heterocycles. The first-order valence-corrected chi connectivity index (χ1v) is 10.0. The van der Waals surface area contributed by atoms with Crippen LogP contribution in [0.15, 0.2) is 28.7 Å². The van der Waals surface area contributed by atoms with Gasteiger partial charge in [-0.05, 0) is 75.6 Å². The lowest BCUT2D eigenvalue weighted by Crippen LogP contribution is -2.37. The topological polar surface area (TPSA) is 47.3 Å². The van der Waals surface area contributed by atoms with E-state index in [1.807, 2.05) is 13.0 Å². The van der Waals surface area contributed by atoms with E-state index in [2.05, 4.69) is 35.0 Å². The zero-order chi connectivity index (χ0) is 19.5. The van der Waals surface area contributed by atoms with Gasteiger partial charge >= 0.3 is 0 Å².